The molecular formula is C13H19N. The summed E-state index contributed by atoms with van der Waals surface area (Å²) in [5.41, 5.74) is 4.66. The minimum atomic E-state index is 0.690. The van der Waals surface area contributed by atoms with Crippen molar-refractivity contribution in [2.45, 2.75) is 45.7 Å². The van der Waals surface area contributed by atoms with E-state index < -0.39 is 0 Å². The molecule has 1 unspecified atom stereocenters. The van der Waals surface area contributed by atoms with E-state index in [1.807, 2.05) is 0 Å². The standard InChI is InChI=1S/C13H19N/c1-3-10-6-5-7-11-9-14-12(4-2)8-13(10)11/h5-7,12,14H,3-4,8-9H2,1-2H3. The molecule has 14 heavy (non-hydrogen) atoms. The van der Waals surface area contributed by atoms with Crippen molar-refractivity contribution >= 4 is 0 Å². The van der Waals surface area contributed by atoms with Crippen LogP contribution < -0.4 is 5.32 Å². The fraction of sp³-hybridized carbons (Fsp3) is 0.538. The second-order valence-corrected chi connectivity index (χ2v) is 4.10. The summed E-state index contributed by atoms with van der Waals surface area (Å²) in [5, 5.41) is 3.58. The average Bonchev–Trinajstić information content (AvgIpc) is 2.27. The summed E-state index contributed by atoms with van der Waals surface area (Å²) in [6, 6.07) is 7.41. The highest BCUT2D eigenvalue weighted by Crippen LogP contribution is 2.22. The molecule has 1 aliphatic heterocycles. The zero-order valence-electron chi connectivity index (χ0n) is 9.14. The van der Waals surface area contributed by atoms with Crippen LogP contribution in [-0.4, -0.2) is 6.04 Å². The van der Waals surface area contributed by atoms with Gasteiger partial charge in [-0.3, -0.25) is 0 Å². The molecule has 1 heteroatoms. The Bertz CT molecular complexity index is 303. The zero-order chi connectivity index (χ0) is 9.97. The first kappa shape index (κ1) is 9.72. The van der Waals surface area contributed by atoms with Gasteiger partial charge in [-0.15, -0.1) is 0 Å². The first-order valence-corrected chi connectivity index (χ1v) is 5.68. The van der Waals surface area contributed by atoms with Crippen molar-refractivity contribution in [1.29, 1.82) is 0 Å². The summed E-state index contributed by atoms with van der Waals surface area (Å²) in [4.78, 5) is 0. The lowest BCUT2D eigenvalue weighted by molar-refractivity contribution is 0.466. The molecule has 0 aromatic heterocycles. The molecule has 0 saturated heterocycles. The Labute approximate surface area is 86.5 Å². The second kappa shape index (κ2) is 4.14. The van der Waals surface area contributed by atoms with Gasteiger partial charge in [0, 0.05) is 12.6 Å². The summed E-state index contributed by atoms with van der Waals surface area (Å²) < 4.78 is 0. The normalized spacial score (nSPS) is 20.6. The van der Waals surface area contributed by atoms with Crippen LogP contribution in [0.2, 0.25) is 0 Å². The number of benzene rings is 1. The number of hydrogen-bond acceptors (Lipinski definition) is 1. The van der Waals surface area contributed by atoms with Gasteiger partial charge in [-0.2, -0.15) is 0 Å². The molecule has 1 aromatic rings. The molecule has 1 atom stereocenters. The number of hydrogen-bond donors (Lipinski definition) is 1. The van der Waals surface area contributed by atoms with Crippen LogP contribution in [0.15, 0.2) is 18.2 Å². The van der Waals surface area contributed by atoms with Crippen molar-refractivity contribution in [3.63, 3.8) is 0 Å². The molecule has 0 bridgehead atoms. The van der Waals surface area contributed by atoms with Crippen LogP contribution >= 0.6 is 0 Å². The van der Waals surface area contributed by atoms with Gasteiger partial charge in [0.25, 0.3) is 0 Å². The Morgan fingerprint density at radius 2 is 2.21 bits per heavy atom. The van der Waals surface area contributed by atoms with Gasteiger partial charge in [0.1, 0.15) is 0 Å². The third-order valence-corrected chi connectivity index (χ3v) is 3.28. The predicted molar refractivity (Wildman–Crippen MR) is 60.4 cm³/mol. The van der Waals surface area contributed by atoms with Crippen molar-refractivity contribution < 1.29 is 0 Å². The van der Waals surface area contributed by atoms with Crippen LogP contribution in [0.3, 0.4) is 0 Å². The van der Waals surface area contributed by atoms with Crippen LogP contribution in [0.5, 0.6) is 0 Å². The number of rotatable bonds is 2. The smallest absolute Gasteiger partial charge is 0.0211 e. The monoisotopic (exact) mass is 189 g/mol. The first-order valence-electron chi connectivity index (χ1n) is 5.68. The summed E-state index contributed by atoms with van der Waals surface area (Å²) in [6.07, 6.45) is 3.62. The van der Waals surface area contributed by atoms with Gasteiger partial charge < -0.3 is 5.32 Å². The van der Waals surface area contributed by atoms with Gasteiger partial charge in [-0.25, -0.2) is 0 Å². The quantitative estimate of drug-likeness (QED) is 0.754. The fourth-order valence-electron chi connectivity index (χ4n) is 2.31. The maximum absolute atomic E-state index is 3.58. The lowest BCUT2D eigenvalue weighted by Crippen LogP contribution is -2.35. The van der Waals surface area contributed by atoms with Crippen LogP contribution in [-0.2, 0) is 19.4 Å². The number of fused-ring (bicyclic) bond motifs is 1. The Morgan fingerprint density at radius 1 is 1.36 bits per heavy atom. The molecule has 0 amide bonds. The highest BCUT2D eigenvalue weighted by atomic mass is 14.9. The van der Waals surface area contributed by atoms with E-state index in [1.54, 1.807) is 11.1 Å². The lowest BCUT2D eigenvalue weighted by atomic mass is 9.90. The molecule has 76 valence electrons. The Kier molecular flexibility index (Phi) is 2.87. The van der Waals surface area contributed by atoms with E-state index in [-0.39, 0.29) is 0 Å². The largest absolute Gasteiger partial charge is 0.310 e. The van der Waals surface area contributed by atoms with E-state index in [0.29, 0.717) is 6.04 Å². The van der Waals surface area contributed by atoms with Crippen LogP contribution in [0.4, 0.5) is 0 Å². The first-order chi connectivity index (χ1) is 6.85. The van der Waals surface area contributed by atoms with E-state index in [1.165, 1.54) is 24.8 Å². The summed E-state index contributed by atoms with van der Waals surface area (Å²) in [5.74, 6) is 0. The lowest BCUT2D eigenvalue weighted by Gasteiger charge is -2.27. The van der Waals surface area contributed by atoms with Crippen LogP contribution in [0.1, 0.15) is 37.0 Å². The third kappa shape index (κ3) is 1.69. The fourth-order valence-corrected chi connectivity index (χ4v) is 2.31. The van der Waals surface area contributed by atoms with Crippen LogP contribution in [0.25, 0.3) is 0 Å². The molecule has 1 N–H and O–H groups in total. The van der Waals surface area contributed by atoms with Gasteiger partial charge in [0.2, 0.25) is 0 Å². The predicted octanol–water partition coefficient (Wildman–Crippen LogP) is 2.67. The molecule has 1 nitrogen and oxygen atoms in total. The number of aryl methyl sites for hydroxylation is 1. The number of nitrogens with one attached hydrogen (secondary N) is 1. The summed E-state index contributed by atoms with van der Waals surface area (Å²) in [7, 11) is 0. The Morgan fingerprint density at radius 3 is 2.93 bits per heavy atom. The maximum Gasteiger partial charge on any atom is 0.0211 e. The van der Waals surface area contributed by atoms with Gasteiger partial charge in [-0.1, -0.05) is 32.0 Å². The van der Waals surface area contributed by atoms with Crippen molar-refractivity contribution in [2.24, 2.45) is 0 Å². The van der Waals surface area contributed by atoms with Gasteiger partial charge in [0.05, 0.1) is 0 Å². The molecule has 0 saturated carbocycles. The Balaban J connectivity index is 2.33. The van der Waals surface area contributed by atoms with Crippen molar-refractivity contribution in [3.8, 4) is 0 Å². The van der Waals surface area contributed by atoms with E-state index >= 15 is 0 Å². The Hall–Kier alpha value is -0.820. The van der Waals surface area contributed by atoms with Gasteiger partial charge in [0.15, 0.2) is 0 Å². The maximum atomic E-state index is 3.58. The molecular weight excluding hydrogens is 170 g/mol. The minimum Gasteiger partial charge on any atom is -0.310 e. The molecule has 2 rings (SSSR count). The summed E-state index contributed by atoms with van der Waals surface area (Å²) >= 11 is 0. The summed E-state index contributed by atoms with van der Waals surface area (Å²) in [6.45, 7) is 5.57. The van der Waals surface area contributed by atoms with Crippen molar-refractivity contribution in [3.05, 3.63) is 34.9 Å². The topological polar surface area (TPSA) is 12.0 Å². The highest BCUT2D eigenvalue weighted by molar-refractivity contribution is 5.37. The minimum absolute atomic E-state index is 0.690. The second-order valence-electron chi connectivity index (χ2n) is 4.10. The molecule has 1 aromatic carbocycles. The van der Waals surface area contributed by atoms with Gasteiger partial charge in [-0.05, 0) is 36.0 Å². The van der Waals surface area contributed by atoms with E-state index in [2.05, 4.69) is 37.4 Å². The SMILES string of the molecule is CCc1cccc2c1CC(CC)NC2. The average molecular weight is 189 g/mol. The molecule has 1 heterocycles. The third-order valence-electron chi connectivity index (χ3n) is 3.28. The van der Waals surface area contributed by atoms with Gasteiger partial charge >= 0.3 is 0 Å². The molecule has 0 spiro atoms. The highest BCUT2D eigenvalue weighted by Gasteiger charge is 2.17. The molecule has 0 fully saturated rings. The van der Waals surface area contributed by atoms with E-state index in [4.69, 9.17) is 0 Å². The van der Waals surface area contributed by atoms with E-state index in [0.717, 1.165) is 6.54 Å². The molecule has 1 aliphatic rings. The van der Waals surface area contributed by atoms with E-state index in [9.17, 15) is 0 Å². The van der Waals surface area contributed by atoms with Crippen LogP contribution in [0, 0.1) is 0 Å². The van der Waals surface area contributed by atoms with Crippen molar-refractivity contribution in [1.82, 2.24) is 5.32 Å². The molecule has 0 radical (unpaired) electrons. The van der Waals surface area contributed by atoms with Crippen molar-refractivity contribution in [2.75, 3.05) is 0 Å². The molecule has 0 aliphatic carbocycles. The zero-order valence-corrected chi connectivity index (χ0v) is 9.14.